The summed E-state index contributed by atoms with van der Waals surface area (Å²) in [6.07, 6.45) is 0. The minimum absolute atomic E-state index is 0.123. The largest absolute Gasteiger partial charge is 0.461 e. The van der Waals surface area contributed by atoms with Crippen molar-refractivity contribution in [1.29, 1.82) is 5.26 Å². The summed E-state index contributed by atoms with van der Waals surface area (Å²) in [7, 11) is 0. The number of rotatable bonds is 3. The van der Waals surface area contributed by atoms with Crippen LogP contribution in [0.1, 0.15) is 38.9 Å². The Bertz CT molecular complexity index is 1090. The molecule has 0 amide bonds. The first kappa shape index (κ1) is 15.9. The van der Waals surface area contributed by atoms with Crippen molar-refractivity contribution in [3.05, 3.63) is 70.9 Å². The molecule has 0 saturated heterocycles. The summed E-state index contributed by atoms with van der Waals surface area (Å²) < 4.78 is 5.16. The number of carbonyl (C=O) groups excluding carboxylic acids is 2. The van der Waals surface area contributed by atoms with E-state index in [0.29, 0.717) is 33.5 Å². The number of nitrogens with zero attached hydrogens (tertiary/aromatic N) is 1. The molecule has 5 heteroatoms. The van der Waals surface area contributed by atoms with Crippen molar-refractivity contribution in [2.45, 2.75) is 6.92 Å². The van der Waals surface area contributed by atoms with Gasteiger partial charge in [0.05, 0.1) is 29.5 Å². The van der Waals surface area contributed by atoms with Crippen molar-refractivity contribution < 1.29 is 14.3 Å². The third kappa shape index (κ3) is 2.24. The van der Waals surface area contributed by atoms with Gasteiger partial charge >= 0.3 is 5.97 Å². The third-order valence-corrected chi connectivity index (χ3v) is 4.45. The number of aromatic nitrogens is 1. The van der Waals surface area contributed by atoms with Gasteiger partial charge in [-0.1, -0.05) is 36.4 Å². The van der Waals surface area contributed by atoms with Crippen LogP contribution in [0.3, 0.4) is 0 Å². The molecule has 0 atom stereocenters. The Morgan fingerprint density at radius 2 is 1.77 bits per heavy atom. The third-order valence-electron chi connectivity index (χ3n) is 4.45. The van der Waals surface area contributed by atoms with Gasteiger partial charge in [-0.2, -0.15) is 5.26 Å². The number of nitrogens with one attached hydrogen (secondary N) is 1. The zero-order chi connectivity index (χ0) is 18.3. The molecule has 0 unspecified atom stereocenters. The zero-order valence-electron chi connectivity index (χ0n) is 14.0. The Kier molecular flexibility index (Phi) is 3.67. The zero-order valence-corrected chi connectivity index (χ0v) is 14.0. The lowest BCUT2D eigenvalue weighted by atomic mass is 9.97. The molecule has 0 radical (unpaired) electrons. The average Bonchev–Trinajstić information content (AvgIpc) is 3.19. The van der Waals surface area contributed by atoms with Crippen LogP contribution in [0.25, 0.3) is 22.4 Å². The van der Waals surface area contributed by atoms with Crippen LogP contribution in [0.5, 0.6) is 0 Å². The number of benzene rings is 2. The van der Waals surface area contributed by atoms with E-state index in [-0.39, 0.29) is 18.1 Å². The number of hydrogen-bond acceptors (Lipinski definition) is 4. The molecule has 26 heavy (non-hydrogen) atoms. The lowest BCUT2D eigenvalue weighted by Crippen LogP contribution is -2.08. The number of ketones is 1. The molecule has 1 aliphatic rings. The van der Waals surface area contributed by atoms with Crippen LogP contribution in [-0.4, -0.2) is 23.3 Å². The molecule has 1 aliphatic carbocycles. The Morgan fingerprint density at radius 1 is 1.08 bits per heavy atom. The molecule has 1 N–H and O–H groups in total. The molecule has 126 valence electrons. The lowest BCUT2D eigenvalue weighted by molar-refractivity contribution is 0.0521. The fourth-order valence-corrected chi connectivity index (χ4v) is 3.32. The first-order valence-electron chi connectivity index (χ1n) is 8.23. The van der Waals surface area contributed by atoms with E-state index in [1.165, 1.54) is 0 Å². The molecule has 3 aromatic rings. The molecule has 4 rings (SSSR count). The molecule has 5 nitrogen and oxygen atoms in total. The van der Waals surface area contributed by atoms with Gasteiger partial charge < -0.3 is 9.72 Å². The quantitative estimate of drug-likeness (QED) is 0.572. The number of carbonyl (C=O) groups is 2. The Balaban J connectivity index is 1.98. The lowest BCUT2D eigenvalue weighted by Gasteiger charge is -2.07. The SMILES string of the molecule is CCOC(=O)c1[nH]c2c(c1-c1ccc(C#N)cc1)C(=O)c1ccccc1-2. The highest BCUT2D eigenvalue weighted by Gasteiger charge is 2.35. The van der Waals surface area contributed by atoms with Crippen LogP contribution in [0.4, 0.5) is 0 Å². The maximum Gasteiger partial charge on any atom is 0.355 e. The van der Waals surface area contributed by atoms with Gasteiger partial charge in [-0.3, -0.25) is 4.79 Å². The van der Waals surface area contributed by atoms with Crippen LogP contribution in [0.15, 0.2) is 48.5 Å². The summed E-state index contributed by atoms with van der Waals surface area (Å²) in [6.45, 7) is 1.97. The highest BCUT2D eigenvalue weighted by Crippen LogP contribution is 2.43. The molecule has 0 aliphatic heterocycles. The Morgan fingerprint density at radius 3 is 2.42 bits per heavy atom. The Labute approximate surface area is 149 Å². The number of ether oxygens (including phenoxy) is 1. The van der Waals surface area contributed by atoms with Crippen molar-refractivity contribution in [3.8, 4) is 28.5 Å². The monoisotopic (exact) mass is 342 g/mol. The Hall–Kier alpha value is -3.65. The highest BCUT2D eigenvalue weighted by molar-refractivity contribution is 6.26. The van der Waals surface area contributed by atoms with Crippen molar-refractivity contribution in [2.24, 2.45) is 0 Å². The van der Waals surface area contributed by atoms with Gasteiger partial charge in [0.2, 0.25) is 0 Å². The molecule has 0 spiro atoms. The van der Waals surface area contributed by atoms with Crippen LogP contribution >= 0.6 is 0 Å². The number of H-pyrrole nitrogens is 1. The fourth-order valence-electron chi connectivity index (χ4n) is 3.32. The second-order valence-corrected chi connectivity index (χ2v) is 5.91. The standard InChI is InChI=1S/C21H14N2O3/c1-2-26-21(25)19-16(13-9-7-12(11-22)8-10-13)17-18(23-19)14-5-3-4-6-15(14)20(17)24/h3-10,23H,2H2,1H3. The average molecular weight is 342 g/mol. The van der Waals surface area contributed by atoms with E-state index in [2.05, 4.69) is 11.1 Å². The summed E-state index contributed by atoms with van der Waals surface area (Å²) in [5, 5.41) is 9.00. The molecular formula is C21H14N2O3. The van der Waals surface area contributed by atoms with E-state index in [0.717, 1.165) is 5.56 Å². The maximum absolute atomic E-state index is 13.0. The van der Waals surface area contributed by atoms with E-state index in [9.17, 15) is 9.59 Å². The van der Waals surface area contributed by atoms with E-state index in [1.54, 1.807) is 37.3 Å². The first-order valence-corrected chi connectivity index (χ1v) is 8.23. The van der Waals surface area contributed by atoms with Crippen LogP contribution in [0.2, 0.25) is 0 Å². The number of nitriles is 1. The number of fused-ring (bicyclic) bond motifs is 3. The predicted molar refractivity (Wildman–Crippen MR) is 95.8 cm³/mol. The van der Waals surface area contributed by atoms with Crippen LogP contribution < -0.4 is 0 Å². The van der Waals surface area contributed by atoms with Crippen molar-refractivity contribution in [1.82, 2.24) is 4.98 Å². The van der Waals surface area contributed by atoms with E-state index in [4.69, 9.17) is 10.00 Å². The summed E-state index contributed by atoms with van der Waals surface area (Å²) in [6, 6.07) is 16.2. The molecule has 1 heterocycles. The minimum atomic E-state index is -0.508. The van der Waals surface area contributed by atoms with Gasteiger partial charge in [-0.25, -0.2) is 4.79 Å². The molecule has 0 bridgehead atoms. The van der Waals surface area contributed by atoms with Gasteiger partial charge in [0, 0.05) is 16.7 Å². The summed E-state index contributed by atoms with van der Waals surface area (Å²) >= 11 is 0. The topological polar surface area (TPSA) is 82.9 Å². The molecule has 1 aromatic heterocycles. The normalized spacial score (nSPS) is 11.6. The van der Waals surface area contributed by atoms with Gasteiger partial charge in [-0.15, -0.1) is 0 Å². The van der Waals surface area contributed by atoms with Gasteiger partial charge in [0.1, 0.15) is 5.69 Å². The van der Waals surface area contributed by atoms with E-state index < -0.39 is 5.97 Å². The smallest absolute Gasteiger partial charge is 0.355 e. The number of aromatic amines is 1. The van der Waals surface area contributed by atoms with Gasteiger partial charge in [-0.05, 0) is 24.6 Å². The van der Waals surface area contributed by atoms with E-state index >= 15 is 0 Å². The number of esters is 1. The van der Waals surface area contributed by atoms with Crippen LogP contribution in [-0.2, 0) is 4.74 Å². The van der Waals surface area contributed by atoms with E-state index in [1.807, 2.05) is 18.2 Å². The maximum atomic E-state index is 13.0. The summed E-state index contributed by atoms with van der Waals surface area (Å²) in [5.74, 6) is -0.631. The van der Waals surface area contributed by atoms with Gasteiger partial charge in [0.25, 0.3) is 0 Å². The second kappa shape index (κ2) is 6.01. The second-order valence-electron chi connectivity index (χ2n) is 5.91. The minimum Gasteiger partial charge on any atom is -0.461 e. The molecule has 0 fully saturated rings. The summed E-state index contributed by atoms with van der Waals surface area (Å²) in [4.78, 5) is 28.5. The predicted octanol–water partition coefficient (Wildman–Crippen LogP) is 3.94. The molecule has 0 saturated carbocycles. The van der Waals surface area contributed by atoms with Crippen LogP contribution in [0, 0.1) is 11.3 Å². The van der Waals surface area contributed by atoms with Crippen molar-refractivity contribution in [2.75, 3.05) is 6.61 Å². The van der Waals surface area contributed by atoms with Crippen molar-refractivity contribution >= 4 is 11.8 Å². The summed E-state index contributed by atoms with van der Waals surface area (Å²) in [5.41, 5.74) is 4.46. The van der Waals surface area contributed by atoms with Crippen molar-refractivity contribution in [3.63, 3.8) is 0 Å². The van der Waals surface area contributed by atoms with Gasteiger partial charge in [0.15, 0.2) is 5.78 Å². The fraction of sp³-hybridized carbons (Fsp3) is 0.0952. The molecule has 2 aromatic carbocycles. The molecular weight excluding hydrogens is 328 g/mol. The highest BCUT2D eigenvalue weighted by atomic mass is 16.5. The first-order chi connectivity index (χ1) is 12.7. The number of hydrogen-bond donors (Lipinski definition) is 1.